The van der Waals surface area contributed by atoms with Gasteiger partial charge in [0.25, 0.3) is 0 Å². The van der Waals surface area contributed by atoms with Gasteiger partial charge in [-0.05, 0) is 49.4 Å². The van der Waals surface area contributed by atoms with Gasteiger partial charge < -0.3 is 0 Å². The normalized spacial score (nSPS) is 17.4. The summed E-state index contributed by atoms with van der Waals surface area (Å²) in [4.78, 5) is 14.3. The second-order valence-corrected chi connectivity index (χ2v) is 5.01. The number of hydrogen-bond donors (Lipinski definition) is 0. The molecule has 0 N–H and O–H groups in total. The van der Waals surface area contributed by atoms with Crippen LogP contribution >= 0.6 is 15.9 Å². The van der Waals surface area contributed by atoms with Crippen molar-refractivity contribution in [2.45, 2.75) is 31.7 Å². The van der Waals surface area contributed by atoms with Gasteiger partial charge in [0.1, 0.15) is 5.82 Å². The number of hydrogen-bond acceptors (Lipinski definition) is 2. The summed E-state index contributed by atoms with van der Waals surface area (Å²) in [6, 6.07) is 3.32. The molecule has 2 nitrogen and oxygen atoms in total. The lowest BCUT2D eigenvalue weighted by Gasteiger charge is -2.37. The first-order valence-corrected chi connectivity index (χ1v) is 5.93. The fraction of sp³-hybridized carbons (Fsp3) is 0.417. The molecular formula is C12H11BrFNO. The summed E-state index contributed by atoms with van der Waals surface area (Å²) in [5.41, 5.74) is 0.809. The topological polar surface area (TPSA) is 29.4 Å². The number of isocyanates is 1. The predicted molar refractivity (Wildman–Crippen MR) is 62.5 cm³/mol. The fourth-order valence-corrected chi connectivity index (χ4v) is 2.41. The zero-order valence-corrected chi connectivity index (χ0v) is 10.5. The third kappa shape index (κ3) is 1.72. The highest BCUT2D eigenvalue weighted by Crippen LogP contribution is 2.45. The largest absolute Gasteiger partial charge is 0.235 e. The molecule has 16 heavy (non-hydrogen) atoms. The van der Waals surface area contributed by atoms with Crippen LogP contribution in [0.25, 0.3) is 0 Å². The molecule has 1 aliphatic carbocycles. The van der Waals surface area contributed by atoms with Gasteiger partial charge in [-0.15, -0.1) is 0 Å². The Labute approximate surface area is 102 Å². The van der Waals surface area contributed by atoms with Crippen molar-refractivity contribution in [3.8, 4) is 0 Å². The minimum absolute atomic E-state index is 0.267. The third-order valence-electron chi connectivity index (χ3n) is 3.26. The van der Waals surface area contributed by atoms with E-state index in [0.29, 0.717) is 5.56 Å². The second-order valence-electron chi connectivity index (χ2n) is 4.15. The molecule has 0 saturated heterocycles. The van der Waals surface area contributed by atoms with Crippen LogP contribution in [0.3, 0.4) is 0 Å². The van der Waals surface area contributed by atoms with Crippen LogP contribution in [0.2, 0.25) is 0 Å². The summed E-state index contributed by atoms with van der Waals surface area (Å²) in [6.45, 7) is 1.71. The highest BCUT2D eigenvalue weighted by molar-refractivity contribution is 9.10. The average molecular weight is 284 g/mol. The van der Waals surface area contributed by atoms with Crippen LogP contribution in [0.5, 0.6) is 0 Å². The van der Waals surface area contributed by atoms with Crippen LogP contribution in [0.15, 0.2) is 21.6 Å². The van der Waals surface area contributed by atoms with Gasteiger partial charge in [0.05, 0.1) is 5.54 Å². The summed E-state index contributed by atoms with van der Waals surface area (Å²) in [5.74, 6) is -0.267. The van der Waals surface area contributed by atoms with Crippen LogP contribution in [-0.2, 0) is 10.3 Å². The van der Waals surface area contributed by atoms with Gasteiger partial charge in [-0.1, -0.05) is 15.9 Å². The zero-order valence-electron chi connectivity index (χ0n) is 8.89. The molecule has 0 aliphatic heterocycles. The SMILES string of the molecule is Cc1c(F)cc(C2(N=C=O)CCC2)cc1Br. The Bertz CT molecular complexity index is 453. The number of benzene rings is 1. The average Bonchev–Trinajstić information content (AvgIpc) is 2.19. The molecule has 1 saturated carbocycles. The fourth-order valence-electron chi connectivity index (χ4n) is 1.98. The van der Waals surface area contributed by atoms with E-state index in [4.69, 9.17) is 0 Å². The molecule has 1 aromatic rings. The molecule has 0 atom stereocenters. The van der Waals surface area contributed by atoms with Gasteiger partial charge in [0.15, 0.2) is 0 Å². The molecule has 0 heterocycles. The van der Waals surface area contributed by atoms with Crippen molar-refractivity contribution >= 4 is 22.0 Å². The Hall–Kier alpha value is -0.990. The minimum atomic E-state index is -0.529. The van der Waals surface area contributed by atoms with Crippen LogP contribution in [-0.4, -0.2) is 6.08 Å². The van der Waals surface area contributed by atoms with Crippen LogP contribution in [0.4, 0.5) is 4.39 Å². The molecule has 1 aliphatic rings. The van der Waals surface area contributed by atoms with E-state index in [1.807, 2.05) is 6.07 Å². The molecule has 0 radical (unpaired) electrons. The van der Waals surface area contributed by atoms with Gasteiger partial charge in [-0.3, -0.25) is 0 Å². The van der Waals surface area contributed by atoms with Crippen molar-refractivity contribution in [1.29, 1.82) is 0 Å². The summed E-state index contributed by atoms with van der Waals surface area (Å²) in [5, 5.41) is 0. The number of carbonyl (C=O) groups excluding carboxylic acids is 1. The molecule has 4 heteroatoms. The molecule has 0 amide bonds. The standard InChI is InChI=1S/C12H11BrFNO/c1-8-10(13)5-9(6-11(8)14)12(15-7-16)3-2-4-12/h5-6H,2-4H2,1H3. The summed E-state index contributed by atoms with van der Waals surface area (Å²) < 4.78 is 14.3. The maximum atomic E-state index is 13.6. The smallest absolute Gasteiger partial charge is 0.211 e. The van der Waals surface area contributed by atoms with E-state index in [2.05, 4.69) is 20.9 Å². The van der Waals surface area contributed by atoms with Crippen molar-refractivity contribution in [2.24, 2.45) is 4.99 Å². The summed E-state index contributed by atoms with van der Waals surface area (Å²) in [6.07, 6.45) is 4.19. The maximum Gasteiger partial charge on any atom is 0.235 e. The summed E-state index contributed by atoms with van der Waals surface area (Å²) >= 11 is 3.31. The van der Waals surface area contributed by atoms with Crippen molar-refractivity contribution < 1.29 is 9.18 Å². The van der Waals surface area contributed by atoms with E-state index in [1.165, 1.54) is 6.07 Å². The van der Waals surface area contributed by atoms with Gasteiger partial charge in [0, 0.05) is 4.47 Å². The molecular weight excluding hydrogens is 273 g/mol. The Kier molecular flexibility index (Phi) is 2.96. The number of rotatable bonds is 2. The van der Waals surface area contributed by atoms with E-state index in [0.717, 1.165) is 29.3 Å². The second kappa shape index (κ2) is 4.11. The van der Waals surface area contributed by atoms with Crippen LogP contribution < -0.4 is 0 Å². The lowest BCUT2D eigenvalue weighted by molar-refractivity contribution is 0.255. The molecule has 1 aromatic carbocycles. The Morgan fingerprint density at radius 2 is 2.19 bits per heavy atom. The molecule has 84 valence electrons. The summed E-state index contributed by atoms with van der Waals surface area (Å²) in [7, 11) is 0. The van der Waals surface area contributed by atoms with Gasteiger partial charge in [-0.2, -0.15) is 4.99 Å². The highest BCUT2D eigenvalue weighted by atomic mass is 79.9. The van der Waals surface area contributed by atoms with Crippen LogP contribution in [0, 0.1) is 12.7 Å². The predicted octanol–water partition coefficient (Wildman–Crippen LogP) is 3.61. The van der Waals surface area contributed by atoms with E-state index in [-0.39, 0.29) is 5.82 Å². The first-order chi connectivity index (χ1) is 7.59. The van der Waals surface area contributed by atoms with Crippen LogP contribution in [0.1, 0.15) is 30.4 Å². The zero-order chi connectivity index (χ0) is 11.8. The van der Waals surface area contributed by atoms with Crippen molar-refractivity contribution in [2.75, 3.05) is 0 Å². The first kappa shape index (κ1) is 11.5. The molecule has 1 fully saturated rings. The molecule has 2 rings (SSSR count). The Balaban J connectivity index is 2.51. The first-order valence-electron chi connectivity index (χ1n) is 5.14. The van der Waals surface area contributed by atoms with Gasteiger partial charge in [0.2, 0.25) is 6.08 Å². The molecule has 0 aromatic heterocycles. The lowest BCUT2D eigenvalue weighted by Crippen LogP contribution is -2.32. The molecule has 0 bridgehead atoms. The highest BCUT2D eigenvalue weighted by Gasteiger charge is 2.39. The lowest BCUT2D eigenvalue weighted by atomic mass is 9.72. The van der Waals surface area contributed by atoms with E-state index in [1.54, 1.807) is 13.0 Å². The monoisotopic (exact) mass is 283 g/mol. The maximum absolute atomic E-state index is 13.6. The number of nitrogens with zero attached hydrogens (tertiary/aromatic N) is 1. The van der Waals surface area contributed by atoms with E-state index < -0.39 is 5.54 Å². The molecule has 0 spiro atoms. The Morgan fingerprint density at radius 3 is 2.62 bits per heavy atom. The Morgan fingerprint density at radius 1 is 1.50 bits per heavy atom. The van der Waals surface area contributed by atoms with Gasteiger partial charge in [-0.25, -0.2) is 9.18 Å². The van der Waals surface area contributed by atoms with Gasteiger partial charge >= 0.3 is 0 Å². The number of aliphatic imine (C=N–C) groups is 1. The van der Waals surface area contributed by atoms with E-state index in [9.17, 15) is 9.18 Å². The van der Waals surface area contributed by atoms with Crippen molar-refractivity contribution in [3.05, 3.63) is 33.5 Å². The van der Waals surface area contributed by atoms with Crippen molar-refractivity contribution in [1.82, 2.24) is 0 Å². The minimum Gasteiger partial charge on any atom is -0.211 e. The third-order valence-corrected chi connectivity index (χ3v) is 4.08. The molecule has 0 unspecified atom stereocenters. The van der Waals surface area contributed by atoms with Crippen molar-refractivity contribution in [3.63, 3.8) is 0 Å². The number of halogens is 2. The van der Waals surface area contributed by atoms with E-state index >= 15 is 0 Å². The quantitative estimate of drug-likeness (QED) is 0.602.